The molecule has 110 valence electrons. The van der Waals surface area contributed by atoms with Crippen molar-refractivity contribution in [1.82, 2.24) is 4.90 Å². The standard InChI is InChI=1S/C14H26N2O3/c1-12(13(17)11-14(15)18)5-3-2-4-6-16-7-9-19-10-8-16/h2-3,12-13,17H,4-11H2,1H3,(H2,15,18)/b3-2+/t12-,13+/m1/s1. The van der Waals surface area contributed by atoms with Gasteiger partial charge in [-0.25, -0.2) is 0 Å². The van der Waals surface area contributed by atoms with E-state index in [0.29, 0.717) is 0 Å². The maximum absolute atomic E-state index is 10.7. The zero-order valence-electron chi connectivity index (χ0n) is 11.8. The van der Waals surface area contributed by atoms with Crippen LogP contribution in [0, 0.1) is 5.92 Å². The lowest BCUT2D eigenvalue weighted by Gasteiger charge is -2.25. The Balaban J connectivity index is 2.10. The molecule has 1 rings (SSSR count). The first-order valence-corrected chi connectivity index (χ1v) is 7.01. The van der Waals surface area contributed by atoms with Gasteiger partial charge in [0.15, 0.2) is 0 Å². The Hall–Kier alpha value is -0.910. The molecule has 3 N–H and O–H groups in total. The summed E-state index contributed by atoms with van der Waals surface area (Å²) >= 11 is 0. The Labute approximate surface area is 115 Å². The molecule has 1 amide bonds. The zero-order chi connectivity index (χ0) is 14.1. The molecule has 1 heterocycles. The van der Waals surface area contributed by atoms with Gasteiger partial charge in [-0.2, -0.15) is 0 Å². The maximum Gasteiger partial charge on any atom is 0.220 e. The molecule has 19 heavy (non-hydrogen) atoms. The Kier molecular flexibility index (Phi) is 7.70. The minimum atomic E-state index is -0.638. The maximum atomic E-state index is 10.7. The number of carbonyl (C=O) groups is 1. The van der Waals surface area contributed by atoms with Crippen LogP contribution in [-0.2, 0) is 9.53 Å². The fourth-order valence-electron chi connectivity index (χ4n) is 2.08. The highest BCUT2D eigenvalue weighted by Gasteiger charge is 2.15. The number of nitrogens with zero attached hydrogens (tertiary/aromatic N) is 1. The summed E-state index contributed by atoms with van der Waals surface area (Å²) in [6.45, 7) is 6.68. The molecule has 0 spiro atoms. The third-order valence-corrected chi connectivity index (χ3v) is 3.46. The number of ether oxygens (including phenoxy) is 1. The van der Waals surface area contributed by atoms with Crippen LogP contribution in [0.4, 0.5) is 0 Å². The van der Waals surface area contributed by atoms with Gasteiger partial charge in [-0.15, -0.1) is 0 Å². The lowest BCUT2D eigenvalue weighted by molar-refractivity contribution is -0.120. The van der Waals surface area contributed by atoms with Crippen LogP contribution >= 0.6 is 0 Å². The molecule has 0 aromatic rings. The van der Waals surface area contributed by atoms with Crippen molar-refractivity contribution in [3.8, 4) is 0 Å². The quantitative estimate of drug-likeness (QED) is 0.631. The second-order valence-electron chi connectivity index (χ2n) is 5.16. The van der Waals surface area contributed by atoms with Gasteiger partial charge in [0.1, 0.15) is 0 Å². The number of allylic oxidation sites excluding steroid dienone is 1. The van der Waals surface area contributed by atoms with E-state index < -0.39 is 12.0 Å². The van der Waals surface area contributed by atoms with Gasteiger partial charge < -0.3 is 15.6 Å². The second kappa shape index (κ2) is 9.07. The molecule has 2 atom stereocenters. The van der Waals surface area contributed by atoms with E-state index in [1.807, 2.05) is 6.92 Å². The third-order valence-electron chi connectivity index (χ3n) is 3.46. The van der Waals surface area contributed by atoms with Crippen molar-refractivity contribution < 1.29 is 14.6 Å². The predicted molar refractivity (Wildman–Crippen MR) is 74.6 cm³/mol. The molecule has 0 aromatic carbocycles. The summed E-state index contributed by atoms with van der Waals surface area (Å²) in [6, 6.07) is 0. The number of aliphatic hydroxyl groups is 1. The van der Waals surface area contributed by atoms with Crippen LogP contribution in [-0.4, -0.2) is 54.9 Å². The Morgan fingerprint density at radius 1 is 1.42 bits per heavy atom. The van der Waals surface area contributed by atoms with Crippen molar-refractivity contribution >= 4 is 5.91 Å². The number of nitrogens with two attached hydrogens (primary N) is 1. The van der Waals surface area contributed by atoms with Crippen LogP contribution < -0.4 is 5.73 Å². The largest absolute Gasteiger partial charge is 0.392 e. The Morgan fingerprint density at radius 2 is 2.11 bits per heavy atom. The van der Waals surface area contributed by atoms with Crippen molar-refractivity contribution in [3.05, 3.63) is 12.2 Å². The van der Waals surface area contributed by atoms with Gasteiger partial charge in [-0.3, -0.25) is 9.69 Å². The van der Waals surface area contributed by atoms with Crippen molar-refractivity contribution in [2.45, 2.75) is 32.3 Å². The highest BCUT2D eigenvalue weighted by atomic mass is 16.5. The van der Waals surface area contributed by atoms with Crippen LogP contribution in [0.3, 0.4) is 0 Å². The first-order valence-electron chi connectivity index (χ1n) is 7.01. The number of morpholine rings is 1. The molecule has 0 unspecified atom stereocenters. The normalized spacial score (nSPS) is 20.5. The van der Waals surface area contributed by atoms with E-state index in [4.69, 9.17) is 10.5 Å². The summed E-state index contributed by atoms with van der Waals surface area (Å²) < 4.78 is 5.29. The molecule has 1 fully saturated rings. The monoisotopic (exact) mass is 270 g/mol. The van der Waals surface area contributed by atoms with E-state index in [9.17, 15) is 9.90 Å². The average molecular weight is 270 g/mol. The van der Waals surface area contributed by atoms with Crippen molar-refractivity contribution in [3.63, 3.8) is 0 Å². The van der Waals surface area contributed by atoms with Crippen LogP contribution in [0.25, 0.3) is 0 Å². The van der Waals surface area contributed by atoms with Gasteiger partial charge in [-0.1, -0.05) is 19.1 Å². The number of aliphatic hydroxyl groups excluding tert-OH is 1. The van der Waals surface area contributed by atoms with Gasteiger partial charge in [0.25, 0.3) is 0 Å². The van der Waals surface area contributed by atoms with E-state index in [1.54, 1.807) is 0 Å². The molecule has 0 aliphatic carbocycles. The molecule has 0 aromatic heterocycles. The fraction of sp³-hybridized carbons (Fsp3) is 0.786. The molecule has 5 nitrogen and oxygen atoms in total. The van der Waals surface area contributed by atoms with Crippen LogP contribution in [0.15, 0.2) is 12.2 Å². The first-order chi connectivity index (χ1) is 9.09. The van der Waals surface area contributed by atoms with Gasteiger partial charge in [0.05, 0.1) is 25.7 Å². The van der Waals surface area contributed by atoms with Crippen molar-refractivity contribution in [2.24, 2.45) is 11.7 Å². The summed E-state index contributed by atoms with van der Waals surface area (Å²) in [5, 5.41) is 9.69. The van der Waals surface area contributed by atoms with E-state index >= 15 is 0 Å². The summed E-state index contributed by atoms with van der Waals surface area (Å²) in [5.74, 6) is -0.386. The van der Waals surface area contributed by atoms with E-state index in [2.05, 4.69) is 17.1 Å². The van der Waals surface area contributed by atoms with Gasteiger partial charge in [0.2, 0.25) is 5.91 Å². The van der Waals surface area contributed by atoms with E-state index in [-0.39, 0.29) is 12.3 Å². The lowest BCUT2D eigenvalue weighted by Crippen LogP contribution is -2.36. The predicted octanol–water partition coefficient (Wildman–Crippen LogP) is 0.527. The average Bonchev–Trinajstić information content (AvgIpc) is 2.38. The van der Waals surface area contributed by atoms with E-state index in [1.165, 1.54) is 0 Å². The van der Waals surface area contributed by atoms with Gasteiger partial charge in [-0.05, 0) is 18.8 Å². The number of primary amides is 1. The minimum Gasteiger partial charge on any atom is -0.392 e. The number of carbonyl (C=O) groups excluding carboxylic acids is 1. The molecule has 1 aliphatic heterocycles. The summed E-state index contributed by atoms with van der Waals surface area (Å²) in [6.07, 6.45) is 5.42. The van der Waals surface area contributed by atoms with Crippen LogP contribution in [0.5, 0.6) is 0 Å². The Morgan fingerprint density at radius 3 is 2.74 bits per heavy atom. The zero-order valence-corrected chi connectivity index (χ0v) is 11.8. The molecule has 1 aliphatic rings. The van der Waals surface area contributed by atoms with Crippen LogP contribution in [0.2, 0.25) is 0 Å². The number of rotatable bonds is 8. The topological polar surface area (TPSA) is 75.8 Å². The number of hydrogen-bond donors (Lipinski definition) is 2. The molecular weight excluding hydrogens is 244 g/mol. The fourth-order valence-corrected chi connectivity index (χ4v) is 2.08. The highest BCUT2D eigenvalue weighted by Crippen LogP contribution is 2.12. The van der Waals surface area contributed by atoms with Crippen molar-refractivity contribution in [2.75, 3.05) is 32.8 Å². The lowest BCUT2D eigenvalue weighted by atomic mass is 9.98. The van der Waals surface area contributed by atoms with Crippen LogP contribution in [0.1, 0.15) is 26.2 Å². The summed E-state index contributed by atoms with van der Waals surface area (Å²) in [7, 11) is 0. The third kappa shape index (κ3) is 7.30. The van der Waals surface area contributed by atoms with Crippen molar-refractivity contribution in [1.29, 1.82) is 0 Å². The number of hydrogen-bond acceptors (Lipinski definition) is 4. The van der Waals surface area contributed by atoms with Gasteiger partial charge >= 0.3 is 0 Å². The molecule has 0 saturated carbocycles. The molecule has 0 bridgehead atoms. The minimum absolute atomic E-state index is 0.0444. The SMILES string of the molecule is C[C@H](C/C=C/CCN1CCOCC1)[C@@H](O)CC(N)=O. The highest BCUT2D eigenvalue weighted by molar-refractivity contribution is 5.74. The summed E-state index contributed by atoms with van der Waals surface area (Å²) in [4.78, 5) is 13.1. The van der Waals surface area contributed by atoms with Gasteiger partial charge in [0, 0.05) is 19.6 Å². The smallest absolute Gasteiger partial charge is 0.220 e. The molecule has 1 saturated heterocycles. The molecule has 0 radical (unpaired) electrons. The van der Waals surface area contributed by atoms with E-state index in [0.717, 1.165) is 45.7 Å². The number of amides is 1. The Bertz CT molecular complexity index is 288. The first kappa shape index (κ1) is 16.1. The molecular formula is C14H26N2O3. The second-order valence-corrected chi connectivity index (χ2v) is 5.16. The summed E-state index contributed by atoms with van der Waals surface area (Å²) in [5.41, 5.74) is 5.06. The molecule has 5 heteroatoms.